The quantitative estimate of drug-likeness (QED) is 0.855. The lowest BCUT2D eigenvalue weighted by molar-refractivity contribution is 0.0956. The lowest BCUT2D eigenvalue weighted by Gasteiger charge is -2.30. The predicted molar refractivity (Wildman–Crippen MR) is 88.8 cm³/mol. The fraction of sp³-hybridized carbons (Fsp3) is 0.611. The molecule has 1 aliphatic carbocycles. The van der Waals surface area contributed by atoms with Crippen LogP contribution in [0.3, 0.4) is 0 Å². The van der Waals surface area contributed by atoms with Crippen molar-refractivity contribution in [3.05, 3.63) is 29.3 Å². The second-order valence-corrected chi connectivity index (χ2v) is 6.17. The number of aryl methyl sites for hydroxylation is 1. The summed E-state index contributed by atoms with van der Waals surface area (Å²) < 4.78 is 0. The van der Waals surface area contributed by atoms with Gasteiger partial charge in [0.1, 0.15) is 0 Å². The SMILES string of the molecule is CCNC(=O)c1ccc(C)c(NC2CCCC(CC)C2)c1. The fourth-order valence-electron chi connectivity index (χ4n) is 3.19. The highest BCUT2D eigenvalue weighted by Gasteiger charge is 2.21. The van der Waals surface area contributed by atoms with Crippen molar-refractivity contribution in [2.45, 2.75) is 58.9 Å². The molecule has 21 heavy (non-hydrogen) atoms. The predicted octanol–water partition coefficient (Wildman–Crippen LogP) is 4.13. The van der Waals surface area contributed by atoms with Crippen LogP contribution in [0.4, 0.5) is 5.69 Å². The smallest absolute Gasteiger partial charge is 0.251 e. The van der Waals surface area contributed by atoms with Crippen LogP contribution < -0.4 is 10.6 Å². The molecule has 1 fully saturated rings. The van der Waals surface area contributed by atoms with E-state index in [0.717, 1.165) is 17.2 Å². The van der Waals surface area contributed by atoms with E-state index >= 15 is 0 Å². The van der Waals surface area contributed by atoms with Crippen LogP contribution in [0.1, 0.15) is 61.9 Å². The molecule has 0 aliphatic heterocycles. The topological polar surface area (TPSA) is 41.1 Å². The summed E-state index contributed by atoms with van der Waals surface area (Å²) >= 11 is 0. The molecule has 2 N–H and O–H groups in total. The zero-order valence-electron chi connectivity index (χ0n) is 13.5. The van der Waals surface area contributed by atoms with Gasteiger partial charge in [-0.25, -0.2) is 0 Å². The molecule has 1 amide bonds. The molecule has 2 rings (SSSR count). The van der Waals surface area contributed by atoms with Crippen LogP contribution in [0.2, 0.25) is 0 Å². The summed E-state index contributed by atoms with van der Waals surface area (Å²) in [4.78, 5) is 12.0. The number of carbonyl (C=O) groups is 1. The van der Waals surface area contributed by atoms with Gasteiger partial charge in [0.2, 0.25) is 0 Å². The lowest BCUT2D eigenvalue weighted by Crippen LogP contribution is -2.28. The van der Waals surface area contributed by atoms with Gasteiger partial charge in [0.05, 0.1) is 0 Å². The standard InChI is InChI=1S/C18H28N2O/c1-4-14-7-6-8-16(11-14)20-17-12-15(10-9-13(17)3)18(21)19-5-2/h9-10,12,14,16,20H,4-8,11H2,1-3H3,(H,19,21). The van der Waals surface area contributed by atoms with Crippen molar-refractivity contribution in [3.8, 4) is 0 Å². The average Bonchev–Trinajstić information content (AvgIpc) is 2.50. The molecule has 1 aliphatic rings. The molecule has 3 heteroatoms. The van der Waals surface area contributed by atoms with E-state index in [0.29, 0.717) is 12.6 Å². The number of anilines is 1. The minimum Gasteiger partial charge on any atom is -0.382 e. The van der Waals surface area contributed by atoms with Crippen molar-refractivity contribution in [1.29, 1.82) is 0 Å². The van der Waals surface area contributed by atoms with Crippen LogP contribution >= 0.6 is 0 Å². The van der Waals surface area contributed by atoms with Crippen molar-refractivity contribution in [3.63, 3.8) is 0 Å². The maximum Gasteiger partial charge on any atom is 0.251 e. The Labute approximate surface area is 128 Å². The van der Waals surface area contributed by atoms with Gasteiger partial charge in [-0.1, -0.05) is 32.3 Å². The van der Waals surface area contributed by atoms with Gasteiger partial charge in [-0.05, 0) is 50.3 Å². The highest BCUT2D eigenvalue weighted by Crippen LogP contribution is 2.29. The van der Waals surface area contributed by atoms with Crippen molar-refractivity contribution < 1.29 is 4.79 Å². The monoisotopic (exact) mass is 288 g/mol. The first-order valence-corrected chi connectivity index (χ1v) is 8.29. The molecule has 0 radical (unpaired) electrons. The number of rotatable bonds is 5. The van der Waals surface area contributed by atoms with Gasteiger partial charge in [0.15, 0.2) is 0 Å². The van der Waals surface area contributed by atoms with Crippen LogP contribution in [-0.2, 0) is 0 Å². The van der Waals surface area contributed by atoms with E-state index in [4.69, 9.17) is 0 Å². The van der Waals surface area contributed by atoms with Crippen molar-refractivity contribution in [2.24, 2.45) is 5.92 Å². The van der Waals surface area contributed by atoms with Crippen LogP contribution in [0.25, 0.3) is 0 Å². The molecule has 1 saturated carbocycles. The van der Waals surface area contributed by atoms with Crippen LogP contribution in [0, 0.1) is 12.8 Å². The fourth-order valence-corrected chi connectivity index (χ4v) is 3.19. The Morgan fingerprint density at radius 1 is 1.29 bits per heavy atom. The summed E-state index contributed by atoms with van der Waals surface area (Å²) in [5.74, 6) is 0.860. The summed E-state index contributed by atoms with van der Waals surface area (Å²) in [6.07, 6.45) is 6.44. The molecule has 116 valence electrons. The Morgan fingerprint density at radius 2 is 2.10 bits per heavy atom. The lowest BCUT2D eigenvalue weighted by atomic mass is 9.84. The molecule has 0 saturated heterocycles. The van der Waals surface area contributed by atoms with Gasteiger partial charge >= 0.3 is 0 Å². The Hall–Kier alpha value is -1.51. The molecule has 1 aromatic rings. The molecular formula is C18H28N2O. The average molecular weight is 288 g/mol. The second kappa shape index (κ2) is 7.48. The maximum absolute atomic E-state index is 12.0. The number of benzene rings is 1. The van der Waals surface area contributed by atoms with E-state index in [9.17, 15) is 4.79 Å². The van der Waals surface area contributed by atoms with E-state index in [1.54, 1.807) is 0 Å². The minimum atomic E-state index is 0.00984. The second-order valence-electron chi connectivity index (χ2n) is 6.17. The third kappa shape index (κ3) is 4.23. The first-order valence-electron chi connectivity index (χ1n) is 8.29. The first-order chi connectivity index (χ1) is 10.1. The highest BCUT2D eigenvalue weighted by molar-refractivity contribution is 5.95. The highest BCUT2D eigenvalue weighted by atomic mass is 16.1. The molecule has 1 aromatic carbocycles. The zero-order chi connectivity index (χ0) is 15.2. The number of amides is 1. The molecule has 3 nitrogen and oxygen atoms in total. The van der Waals surface area contributed by atoms with Gasteiger partial charge in [0, 0.05) is 23.8 Å². The Bertz CT molecular complexity index is 484. The number of hydrogen-bond donors (Lipinski definition) is 2. The minimum absolute atomic E-state index is 0.00984. The Kier molecular flexibility index (Phi) is 5.66. The molecule has 0 spiro atoms. The number of hydrogen-bond acceptors (Lipinski definition) is 2. The molecule has 2 atom stereocenters. The summed E-state index contributed by atoms with van der Waals surface area (Å²) in [6, 6.07) is 6.48. The van der Waals surface area contributed by atoms with Crippen LogP contribution in [0.15, 0.2) is 18.2 Å². The van der Waals surface area contributed by atoms with E-state index < -0.39 is 0 Å². The largest absolute Gasteiger partial charge is 0.382 e. The summed E-state index contributed by atoms with van der Waals surface area (Å²) in [7, 11) is 0. The summed E-state index contributed by atoms with van der Waals surface area (Å²) in [5, 5.41) is 6.53. The number of nitrogens with one attached hydrogen (secondary N) is 2. The van der Waals surface area contributed by atoms with Crippen molar-refractivity contribution >= 4 is 11.6 Å². The van der Waals surface area contributed by atoms with Crippen LogP contribution in [-0.4, -0.2) is 18.5 Å². The zero-order valence-corrected chi connectivity index (χ0v) is 13.5. The van der Waals surface area contributed by atoms with Gasteiger partial charge in [-0.2, -0.15) is 0 Å². The van der Waals surface area contributed by atoms with Crippen molar-refractivity contribution in [1.82, 2.24) is 5.32 Å². The molecule has 0 bridgehead atoms. The normalized spacial score (nSPS) is 21.9. The molecule has 0 heterocycles. The maximum atomic E-state index is 12.0. The first kappa shape index (κ1) is 15.9. The molecule has 2 unspecified atom stereocenters. The molecular weight excluding hydrogens is 260 g/mol. The number of carbonyl (C=O) groups excluding carboxylic acids is 1. The van der Waals surface area contributed by atoms with Gasteiger partial charge in [-0.3, -0.25) is 4.79 Å². The van der Waals surface area contributed by atoms with Gasteiger partial charge < -0.3 is 10.6 Å². The molecule has 0 aromatic heterocycles. The van der Waals surface area contributed by atoms with E-state index in [2.05, 4.69) is 24.5 Å². The third-order valence-corrected chi connectivity index (χ3v) is 4.56. The summed E-state index contributed by atoms with van der Waals surface area (Å²) in [6.45, 7) is 6.99. The third-order valence-electron chi connectivity index (χ3n) is 4.56. The van der Waals surface area contributed by atoms with E-state index in [-0.39, 0.29) is 5.91 Å². The van der Waals surface area contributed by atoms with E-state index in [1.165, 1.54) is 37.7 Å². The van der Waals surface area contributed by atoms with Gasteiger partial charge in [0.25, 0.3) is 5.91 Å². The Morgan fingerprint density at radius 3 is 2.81 bits per heavy atom. The van der Waals surface area contributed by atoms with Crippen LogP contribution in [0.5, 0.6) is 0 Å². The van der Waals surface area contributed by atoms with E-state index in [1.807, 2.05) is 25.1 Å². The summed E-state index contributed by atoms with van der Waals surface area (Å²) in [5.41, 5.74) is 3.06. The van der Waals surface area contributed by atoms with Crippen molar-refractivity contribution in [2.75, 3.05) is 11.9 Å². The van der Waals surface area contributed by atoms with Gasteiger partial charge in [-0.15, -0.1) is 0 Å². The Balaban J connectivity index is 2.08.